The third-order valence-corrected chi connectivity index (χ3v) is 3.07. The van der Waals surface area contributed by atoms with Gasteiger partial charge in [0.05, 0.1) is 0 Å². The number of benzene rings is 1. The van der Waals surface area contributed by atoms with Crippen LogP contribution in [0.5, 0.6) is 0 Å². The number of primary amides is 1. The van der Waals surface area contributed by atoms with E-state index in [2.05, 4.69) is 4.90 Å². The van der Waals surface area contributed by atoms with Gasteiger partial charge in [0.2, 0.25) is 5.91 Å². The Morgan fingerprint density at radius 3 is 2.47 bits per heavy atom. The zero-order valence-electron chi connectivity index (χ0n) is 9.93. The minimum atomic E-state index is -0.229. The van der Waals surface area contributed by atoms with Crippen LogP contribution in [-0.4, -0.2) is 23.4 Å². The van der Waals surface area contributed by atoms with Crippen LogP contribution >= 0.6 is 0 Å². The molecule has 1 aromatic carbocycles. The summed E-state index contributed by atoms with van der Waals surface area (Å²) in [4.78, 5) is 13.2. The average molecular weight is 233 g/mol. The minimum absolute atomic E-state index is 0.229. The molecule has 0 heterocycles. The van der Waals surface area contributed by atoms with Crippen molar-refractivity contribution < 1.29 is 4.79 Å². The highest BCUT2D eigenvalue weighted by Gasteiger charge is 2.28. The molecule has 0 saturated heterocycles. The predicted octanol–water partition coefficient (Wildman–Crippen LogP) is 1.11. The van der Waals surface area contributed by atoms with Gasteiger partial charge in [0.15, 0.2) is 0 Å². The molecule has 1 amide bonds. The molecule has 92 valence electrons. The quantitative estimate of drug-likeness (QED) is 0.723. The monoisotopic (exact) mass is 233 g/mol. The molecule has 1 aromatic rings. The van der Waals surface area contributed by atoms with E-state index in [1.54, 1.807) is 0 Å². The van der Waals surface area contributed by atoms with E-state index in [1.165, 1.54) is 18.4 Å². The fourth-order valence-corrected chi connectivity index (χ4v) is 1.94. The standard InChI is InChI=1S/C13H19N3O/c14-11-3-1-10(2-4-11)9-16(12-5-6-12)8-7-13(15)17/h1-4,12H,5-9,14H2,(H2,15,17). The van der Waals surface area contributed by atoms with Crippen molar-refractivity contribution in [3.63, 3.8) is 0 Å². The summed E-state index contributed by atoms with van der Waals surface area (Å²) in [7, 11) is 0. The molecule has 1 fully saturated rings. The number of anilines is 1. The zero-order chi connectivity index (χ0) is 12.3. The number of carbonyl (C=O) groups excluding carboxylic acids is 1. The molecule has 4 heteroatoms. The van der Waals surface area contributed by atoms with Crippen molar-refractivity contribution in [1.82, 2.24) is 4.90 Å². The zero-order valence-corrected chi connectivity index (χ0v) is 9.93. The van der Waals surface area contributed by atoms with Crippen LogP contribution in [0.3, 0.4) is 0 Å². The van der Waals surface area contributed by atoms with Crippen LogP contribution in [0.15, 0.2) is 24.3 Å². The highest BCUT2D eigenvalue weighted by molar-refractivity contribution is 5.73. The molecule has 0 aliphatic heterocycles. The number of amides is 1. The maximum Gasteiger partial charge on any atom is 0.218 e. The van der Waals surface area contributed by atoms with Gasteiger partial charge in [-0.15, -0.1) is 0 Å². The van der Waals surface area contributed by atoms with Gasteiger partial charge < -0.3 is 11.5 Å². The highest BCUT2D eigenvalue weighted by atomic mass is 16.1. The third kappa shape index (κ3) is 3.75. The summed E-state index contributed by atoms with van der Waals surface area (Å²) in [6, 6.07) is 8.53. The topological polar surface area (TPSA) is 72.4 Å². The van der Waals surface area contributed by atoms with Crippen LogP contribution in [0.4, 0.5) is 5.69 Å². The molecule has 0 spiro atoms. The maximum absolute atomic E-state index is 10.8. The van der Waals surface area contributed by atoms with Crippen molar-refractivity contribution in [1.29, 1.82) is 0 Å². The summed E-state index contributed by atoms with van der Waals surface area (Å²) in [6.45, 7) is 1.63. The van der Waals surface area contributed by atoms with Crippen molar-refractivity contribution in [3.8, 4) is 0 Å². The van der Waals surface area contributed by atoms with Gasteiger partial charge >= 0.3 is 0 Å². The van der Waals surface area contributed by atoms with Gasteiger partial charge in [-0.1, -0.05) is 12.1 Å². The first-order chi connectivity index (χ1) is 8.15. The summed E-state index contributed by atoms with van der Waals surface area (Å²) in [5, 5.41) is 0. The molecule has 4 N–H and O–H groups in total. The molecule has 1 aliphatic rings. The first kappa shape index (κ1) is 11.9. The second kappa shape index (κ2) is 5.19. The van der Waals surface area contributed by atoms with Crippen molar-refractivity contribution in [2.24, 2.45) is 5.73 Å². The van der Waals surface area contributed by atoms with Crippen molar-refractivity contribution in [2.45, 2.75) is 31.8 Å². The molecule has 0 atom stereocenters. The Bertz CT molecular complexity index is 384. The summed E-state index contributed by atoms with van der Waals surface area (Å²) in [5.41, 5.74) is 12.9. The maximum atomic E-state index is 10.8. The largest absolute Gasteiger partial charge is 0.399 e. The number of nitrogens with two attached hydrogens (primary N) is 2. The van der Waals surface area contributed by atoms with Crippen molar-refractivity contribution >= 4 is 11.6 Å². The number of carbonyl (C=O) groups is 1. The van der Waals surface area contributed by atoms with E-state index in [0.717, 1.165) is 18.8 Å². The third-order valence-electron chi connectivity index (χ3n) is 3.07. The van der Waals surface area contributed by atoms with Gasteiger partial charge in [-0.25, -0.2) is 0 Å². The molecule has 4 nitrogen and oxygen atoms in total. The fraction of sp³-hybridized carbons (Fsp3) is 0.462. The lowest BCUT2D eigenvalue weighted by atomic mass is 10.2. The van der Waals surface area contributed by atoms with E-state index < -0.39 is 0 Å². The molecule has 1 saturated carbocycles. The number of nitrogens with zero attached hydrogens (tertiary/aromatic N) is 1. The molecule has 0 radical (unpaired) electrons. The predicted molar refractivity (Wildman–Crippen MR) is 68.1 cm³/mol. The average Bonchev–Trinajstić information content (AvgIpc) is 3.10. The molecule has 1 aliphatic carbocycles. The Labute approximate surface area is 102 Å². The second-order valence-corrected chi connectivity index (χ2v) is 4.66. The van der Waals surface area contributed by atoms with Crippen LogP contribution in [0.1, 0.15) is 24.8 Å². The van der Waals surface area contributed by atoms with Gasteiger partial charge in [-0.3, -0.25) is 9.69 Å². The lowest BCUT2D eigenvalue weighted by Crippen LogP contribution is -2.29. The molecular weight excluding hydrogens is 214 g/mol. The molecule has 0 unspecified atom stereocenters. The fourth-order valence-electron chi connectivity index (χ4n) is 1.94. The normalized spacial score (nSPS) is 15.1. The lowest BCUT2D eigenvalue weighted by Gasteiger charge is -2.21. The van der Waals surface area contributed by atoms with Crippen molar-refractivity contribution in [2.75, 3.05) is 12.3 Å². The lowest BCUT2D eigenvalue weighted by molar-refractivity contribution is -0.118. The summed E-state index contributed by atoms with van der Waals surface area (Å²) < 4.78 is 0. The van der Waals surface area contributed by atoms with E-state index in [1.807, 2.05) is 24.3 Å². The number of hydrogen-bond acceptors (Lipinski definition) is 3. The Kier molecular flexibility index (Phi) is 3.64. The van der Waals surface area contributed by atoms with Crippen LogP contribution in [0.2, 0.25) is 0 Å². The van der Waals surface area contributed by atoms with E-state index in [0.29, 0.717) is 12.5 Å². The molecule has 17 heavy (non-hydrogen) atoms. The number of hydrogen-bond donors (Lipinski definition) is 2. The molecule has 2 rings (SSSR count). The summed E-state index contributed by atoms with van der Waals surface area (Å²) in [5.74, 6) is -0.229. The van der Waals surface area contributed by atoms with Crippen LogP contribution in [0.25, 0.3) is 0 Å². The second-order valence-electron chi connectivity index (χ2n) is 4.66. The highest BCUT2D eigenvalue weighted by Crippen LogP contribution is 2.28. The Hall–Kier alpha value is -1.55. The summed E-state index contributed by atoms with van der Waals surface area (Å²) >= 11 is 0. The molecule has 0 bridgehead atoms. The number of rotatable bonds is 6. The van der Waals surface area contributed by atoms with Crippen molar-refractivity contribution in [3.05, 3.63) is 29.8 Å². The summed E-state index contributed by atoms with van der Waals surface area (Å²) in [6.07, 6.45) is 2.90. The first-order valence-corrected chi connectivity index (χ1v) is 6.02. The molecule has 0 aromatic heterocycles. The minimum Gasteiger partial charge on any atom is -0.399 e. The Morgan fingerprint density at radius 2 is 1.94 bits per heavy atom. The van der Waals surface area contributed by atoms with Gasteiger partial charge in [0.1, 0.15) is 0 Å². The van der Waals surface area contributed by atoms with Crippen LogP contribution in [-0.2, 0) is 11.3 Å². The van der Waals surface area contributed by atoms with E-state index >= 15 is 0 Å². The first-order valence-electron chi connectivity index (χ1n) is 6.02. The van der Waals surface area contributed by atoms with Gasteiger partial charge in [0.25, 0.3) is 0 Å². The SMILES string of the molecule is NC(=O)CCN(Cc1ccc(N)cc1)C1CC1. The van der Waals surface area contributed by atoms with E-state index in [-0.39, 0.29) is 5.91 Å². The van der Waals surface area contributed by atoms with Crippen LogP contribution < -0.4 is 11.5 Å². The number of nitrogen functional groups attached to an aromatic ring is 1. The smallest absolute Gasteiger partial charge is 0.218 e. The van der Waals surface area contributed by atoms with Crippen LogP contribution in [0, 0.1) is 0 Å². The van der Waals surface area contributed by atoms with Gasteiger partial charge in [0, 0.05) is 31.2 Å². The van der Waals surface area contributed by atoms with E-state index in [4.69, 9.17) is 11.5 Å². The van der Waals surface area contributed by atoms with E-state index in [9.17, 15) is 4.79 Å². The van der Waals surface area contributed by atoms with Gasteiger partial charge in [-0.2, -0.15) is 0 Å². The Morgan fingerprint density at radius 1 is 1.29 bits per heavy atom. The Balaban J connectivity index is 1.92. The molecular formula is C13H19N3O. The van der Waals surface area contributed by atoms with Gasteiger partial charge in [-0.05, 0) is 30.5 Å².